The summed E-state index contributed by atoms with van der Waals surface area (Å²) in [5.74, 6) is 0.824. The highest BCUT2D eigenvalue weighted by Crippen LogP contribution is 2.28. The summed E-state index contributed by atoms with van der Waals surface area (Å²) in [6.45, 7) is 2.13. The van der Waals surface area contributed by atoms with Gasteiger partial charge < -0.3 is 9.84 Å². The van der Waals surface area contributed by atoms with Crippen molar-refractivity contribution >= 4 is 10.8 Å². The molecule has 3 rings (SSSR count). The van der Waals surface area contributed by atoms with Gasteiger partial charge in [-0.3, -0.25) is 0 Å². The lowest BCUT2D eigenvalue weighted by atomic mass is 9.93. The summed E-state index contributed by atoms with van der Waals surface area (Å²) in [4.78, 5) is 3.90. The van der Waals surface area contributed by atoms with Crippen molar-refractivity contribution in [3.05, 3.63) is 54.6 Å². The summed E-state index contributed by atoms with van der Waals surface area (Å²) >= 11 is 0. The molecule has 21 heavy (non-hydrogen) atoms. The normalized spacial score (nSPS) is 14.0. The molecule has 0 saturated heterocycles. The van der Waals surface area contributed by atoms with E-state index in [4.69, 9.17) is 4.74 Å². The number of hydrogen-bond donors (Lipinski definition) is 1. The number of aliphatic hydroxyl groups is 1. The van der Waals surface area contributed by atoms with E-state index in [1.54, 1.807) is 25.0 Å². The number of fused-ring (bicyclic) bond motifs is 1. The molecule has 1 unspecified atom stereocenters. The first-order valence-corrected chi connectivity index (χ1v) is 6.71. The van der Waals surface area contributed by atoms with E-state index in [-0.39, 0.29) is 0 Å². The zero-order chi connectivity index (χ0) is 14.9. The topological polar surface area (TPSA) is 60.2 Å². The Labute approximate surface area is 122 Å². The van der Waals surface area contributed by atoms with Gasteiger partial charge in [0.15, 0.2) is 0 Å². The Morgan fingerprint density at radius 3 is 2.67 bits per heavy atom. The second kappa shape index (κ2) is 5.18. The van der Waals surface area contributed by atoms with Crippen molar-refractivity contribution in [2.45, 2.75) is 19.1 Å². The highest BCUT2D eigenvalue weighted by Gasteiger charge is 2.24. The van der Waals surface area contributed by atoms with E-state index in [0.717, 1.165) is 22.1 Å². The van der Waals surface area contributed by atoms with Gasteiger partial charge in [0.1, 0.15) is 24.0 Å². The first-order valence-electron chi connectivity index (χ1n) is 6.71. The SMILES string of the molecule is COc1ccc2cc(C(C)(O)Cn3cncn3)ccc2c1. The van der Waals surface area contributed by atoms with Crippen LogP contribution >= 0.6 is 0 Å². The van der Waals surface area contributed by atoms with Crippen LogP contribution < -0.4 is 4.74 Å². The third kappa shape index (κ3) is 2.73. The summed E-state index contributed by atoms with van der Waals surface area (Å²) in [5, 5.41) is 16.9. The van der Waals surface area contributed by atoms with Crippen molar-refractivity contribution in [2.75, 3.05) is 7.11 Å². The zero-order valence-electron chi connectivity index (χ0n) is 12.0. The van der Waals surface area contributed by atoms with Gasteiger partial charge in [-0.15, -0.1) is 0 Å². The van der Waals surface area contributed by atoms with E-state index < -0.39 is 5.60 Å². The van der Waals surface area contributed by atoms with Crippen molar-refractivity contribution in [3.8, 4) is 5.75 Å². The molecule has 0 amide bonds. The molecule has 0 fully saturated rings. The van der Waals surface area contributed by atoms with Crippen molar-refractivity contribution in [1.82, 2.24) is 14.8 Å². The third-order valence-electron chi connectivity index (χ3n) is 3.61. The average molecular weight is 283 g/mol. The predicted octanol–water partition coefficient (Wildman–Crippen LogP) is 2.35. The van der Waals surface area contributed by atoms with Gasteiger partial charge in [0, 0.05) is 0 Å². The molecule has 3 aromatic rings. The minimum atomic E-state index is -1.01. The fourth-order valence-corrected chi connectivity index (χ4v) is 2.41. The fraction of sp³-hybridized carbons (Fsp3) is 0.250. The molecule has 0 bridgehead atoms. The maximum absolute atomic E-state index is 10.7. The van der Waals surface area contributed by atoms with Gasteiger partial charge in [-0.2, -0.15) is 5.10 Å². The van der Waals surface area contributed by atoms with E-state index in [2.05, 4.69) is 10.1 Å². The van der Waals surface area contributed by atoms with Crippen molar-refractivity contribution in [1.29, 1.82) is 0 Å². The van der Waals surface area contributed by atoms with E-state index in [9.17, 15) is 5.11 Å². The van der Waals surface area contributed by atoms with Gasteiger partial charge in [-0.05, 0) is 41.5 Å². The summed E-state index contributed by atoms with van der Waals surface area (Å²) < 4.78 is 6.85. The Balaban J connectivity index is 1.96. The van der Waals surface area contributed by atoms with Gasteiger partial charge in [0.05, 0.1) is 13.7 Å². The van der Waals surface area contributed by atoms with Gasteiger partial charge in [0.25, 0.3) is 0 Å². The molecule has 108 valence electrons. The molecule has 0 aliphatic heterocycles. The number of ether oxygens (including phenoxy) is 1. The predicted molar refractivity (Wildman–Crippen MR) is 80.1 cm³/mol. The Bertz CT molecular complexity index is 751. The van der Waals surface area contributed by atoms with E-state index in [1.807, 2.05) is 36.4 Å². The minimum absolute atomic E-state index is 0.356. The average Bonchev–Trinajstić information content (AvgIpc) is 2.98. The van der Waals surface area contributed by atoms with Crippen LogP contribution in [0.4, 0.5) is 0 Å². The maximum Gasteiger partial charge on any atom is 0.137 e. The van der Waals surface area contributed by atoms with Crippen LogP contribution in [0.25, 0.3) is 10.8 Å². The van der Waals surface area contributed by atoms with Gasteiger partial charge in [0.2, 0.25) is 0 Å². The molecule has 2 aromatic carbocycles. The monoisotopic (exact) mass is 283 g/mol. The van der Waals surface area contributed by atoms with Crippen LogP contribution in [0.2, 0.25) is 0 Å². The molecule has 5 nitrogen and oxygen atoms in total. The van der Waals surface area contributed by atoms with Crippen molar-refractivity contribution in [2.24, 2.45) is 0 Å². The molecule has 0 saturated carbocycles. The highest BCUT2D eigenvalue weighted by atomic mass is 16.5. The lowest BCUT2D eigenvalue weighted by Crippen LogP contribution is -2.28. The Morgan fingerprint density at radius 1 is 1.19 bits per heavy atom. The van der Waals surface area contributed by atoms with Crippen LogP contribution in [0.5, 0.6) is 5.75 Å². The minimum Gasteiger partial charge on any atom is -0.497 e. The fourth-order valence-electron chi connectivity index (χ4n) is 2.41. The molecule has 0 aliphatic carbocycles. The Hall–Kier alpha value is -2.40. The lowest BCUT2D eigenvalue weighted by Gasteiger charge is -2.24. The van der Waals surface area contributed by atoms with Crippen molar-refractivity contribution in [3.63, 3.8) is 0 Å². The van der Waals surface area contributed by atoms with E-state index >= 15 is 0 Å². The molecule has 1 heterocycles. The zero-order valence-corrected chi connectivity index (χ0v) is 12.0. The van der Waals surface area contributed by atoms with E-state index in [0.29, 0.717) is 6.54 Å². The lowest BCUT2D eigenvalue weighted by molar-refractivity contribution is 0.0346. The quantitative estimate of drug-likeness (QED) is 0.798. The smallest absolute Gasteiger partial charge is 0.137 e. The third-order valence-corrected chi connectivity index (χ3v) is 3.61. The van der Waals surface area contributed by atoms with Crippen LogP contribution in [0.15, 0.2) is 49.1 Å². The van der Waals surface area contributed by atoms with Gasteiger partial charge >= 0.3 is 0 Å². The number of methoxy groups -OCH3 is 1. The molecule has 5 heteroatoms. The van der Waals surface area contributed by atoms with Gasteiger partial charge in [-0.25, -0.2) is 9.67 Å². The Morgan fingerprint density at radius 2 is 1.95 bits per heavy atom. The molecule has 0 spiro atoms. The molecule has 1 N–H and O–H groups in total. The highest BCUT2D eigenvalue weighted by molar-refractivity contribution is 5.84. The molecule has 0 aliphatic rings. The largest absolute Gasteiger partial charge is 0.497 e. The van der Waals surface area contributed by atoms with Crippen LogP contribution in [0, 0.1) is 0 Å². The second-order valence-electron chi connectivity index (χ2n) is 5.29. The van der Waals surface area contributed by atoms with Crippen LogP contribution in [0.3, 0.4) is 0 Å². The number of nitrogens with zero attached hydrogens (tertiary/aromatic N) is 3. The number of aromatic nitrogens is 3. The molecule has 0 radical (unpaired) electrons. The second-order valence-corrected chi connectivity index (χ2v) is 5.29. The molecular formula is C16H17N3O2. The summed E-state index contributed by atoms with van der Waals surface area (Å²) in [6, 6.07) is 11.8. The van der Waals surface area contributed by atoms with Gasteiger partial charge in [-0.1, -0.05) is 18.2 Å². The van der Waals surface area contributed by atoms with Crippen LogP contribution in [-0.4, -0.2) is 27.0 Å². The molecular weight excluding hydrogens is 266 g/mol. The first-order chi connectivity index (χ1) is 10.1. The molecule has 1 aromatic heterocycles. The maximum atomic E-state index is 10.7. The first kappa shape index (κ1) is 13.6. The number of rotatable bonds is 4. The molecule has 1 atom stereocenters. The Kier molecular flexibility index (Phi) is 3.35. The van der Waals surface area contributed by atoms with Crippen LogP contribution in [0.1, 0.15) is 12.5 Å². The van der Waals surface area contributed by atoms with Crippen molar-refractivity contribution < 1.29 is 9.84 Å². The van der Waals surface area contributed by atoms with E-state index in [1.165, 1.54) is 6.33 Å². The summed E-state index contributed by atoms with van der Waals surface area (Å²) in [5.41, 5.74) is -0.169. The number of benzene rings is 2. The summed E-state index contributed by atoms with van der Waals surface area (Å²) in [6.07, 6.45) is 3.06. The van der Waals surface area contributed by atoms with Crippen LogP contribution in [-0.2, 0) is 12.1 Å². The standard InChI is InChI=1S/C16H17N3O2/c1-16(20,9-19-11-17-10-18-19)14-5-3-13-8-15(21-2)6-4-12(13)7-14/h3-8,10-11,20H,9H2,1-2H3. The number of hydrogen-bond acceptors (Lipinski definition) is 4. The summed E-state index contributed by atoms with van der Waals surface area (Å²) in [7, 11) is 1.65.